The Morgan fingerprint density at radius 3 is 2.38 bits per heavy atom. The highest BCUT2D eigenvalue weighted by atomic mass is 127. The molecular formula is C23H30IN5O3. The van der Waals surface area contributed by atoms with Gasteiger partial charge in [0.05, 0.1) is 14.2 Å². The number of methoxy groups -OCH3 is 2. The number of halogens is 1. The second-order valence-electron chi connectivity index (χ2n) is 6.93. The van der Waals surface area contributed by atoms with E-state index >= 15 is 0 Å². The molecule has 0 radical (unpaired) electrons. The van der Waals surface area contributed by atoms with Crippen molar-refractivity contribution in [3.8, 4) is 23.0 Å². The molecule has 0 spiro atoms. The SMILES string of the molecule is CCCc1noc(-c2cccc(CNC(=NC)NCc3ccc(OC)c(OC)c3)c2)n1.I. The van der Waals surface area contributed by atoms with Gasteiger partial charge in [0.15, 0.2) is 23.3 Å². The van der Waals surface area contributed by atoms with Crippen LogP contribution < -0.4 is 20.1 Å². The number of aryl methyl sites for hydroxylation is 1. The molecule has 0 aliphatic heterocycles. The van der Waals surface area contributed by atoms with Crippen LogP contribution in [0.1, 0.15) is 30.3 Å². The molecular weight excluding hydrogens is 521 g/mol. The molecule has 0 aliphatic rings. The van der Waals surface area contributed by atoms with Crippen LogP contribution in [0.25, 0.3) is 11.5 Å². The highest BCUT2D eigenvalue weighted by Crippen LogP contribution is 2.27. The molecule has 1 aromatic heterocycles. The smallest absolute Gasteiger partial charge is 0.257 e. The molecule has 3 rings (SSSR count). The van der Waals surface area contributed by atoms with Crippen molar-refractivity contribution in [2.75, 3.05) is 21.3 Å². The lowest BCUT2D eigenvalue weighted by atomic mass is 10.1. The van der Waals surface area contributed by atoms with Gasteiger partial charge in [-0.2, -0.15) is 4.98 Å². The van der Waals surface area contributed by atoms with Crippen molar-refractivity contribution in [3.63, 3.8) is 0 Å². The zero-order chi connectivity index (χ0) is 22.1. The van der Waals surface area contributed by atoms with Crippen LogP contribution in [-0.4, -0.2) is 37.4 Å². The first-order valence-electron chi connectivity index (χ1n) is 10.2. The van der Waals surface area contributed by atoms with Gasteiger partial charge in [0.1, 0.15) is 0 Å². The van der Waals surface area contributed by atoms with Gasteiger partial charge in [0.2, 0.25) is 0 Å². The summed E-state index contributed by atoms with van der Waals surface area (Å²) in [5.74, 6) is 3.38. The van der Waals surface area contributed by atoms with Crippen molar-refractivity contribution >= 4 is 29.9 Å². The first kappa shape index (κ1) is 25.4. The first-order valence-corrected chi connectivity index (χ1v) is 10.2. The molecule has 2 aromatic carbocycles. The number of ether oxygens (including phenoxy) is 2. The molecule has 9 heteroatoms. The highest BCUT2D eigenvalue weighted by Gasteiger charge is 2.09. The highest BCUT2D eigenvalue weighted by molar-refractivity contribution is 14.0. The van der Waals surface area contributed by atoms with Crippen LogP contribution in [0.5, 0.6) is 11.5 Å². The number of rotatable bonds is 9. The van der Waals surface area contributed by atoms with Gasteiger partial charge in [-0.3, -0.25) is 4.99 Å². The minimum absolute atomic E-state index is 0. The Labute approximate surface area is 205 Å². The quantitative estimate of drug-likeness (QED) is 0.234. The molecule has 32 heavy (non-hydrogen) atoms. The lowest BCUT2D eigenvalue weighted by molar-refractivity contribution is 0.354. The summed E-state index contributed by atoms with van der Waals surface area (Å²) in [6.45, 7) is 3.30. The summed E-state index contributed by atoms with van der Waals surface area (Å²) in [5, 5.41) is 10.7. The fourth-order valence-corrected chi connectivity index (χ4v) is 3.09. The average molecular weight is 551 g/mol. The van der Waals surface area contributed by atoms with Gasteiger partial charge >= 0.3 is 0 Å². The molecule has 0 bridgehead atoms. The maximum Gasteiger partial charge on any atom is 0.257 e. The average Bonchev–Trinajstić information content (AvgIpc) is 3.28. The van der Waals surface area contributed by atoms with Crippen LogP contribution in [-0.2, 0) is 19.5 Å². The van der Waals surface area contributed by atoms with Crippen molar-refractivity contribution in [2.24, 2.45) is 4.99 Å². The van der Waals surface area contributed by atoms with Gasteiger partial charge in [-0.05, 0) is 41.8 Å². The number of guanidine groups is 1. The molecule has 1 heterocycles. The Balaban J connectivity index is 0.00000363. The normalized spacial score (nSPS) is 10.9. The number of nitrogens with one attached hydrogen (secondary N) is 2. The van der Waals surface area contributed by atoms with E-state index in [1.807, 2.05) is 42.5 Å². The maximum atomic E-state index is 5.39. The Morgan fingerprint density at radius 1 is 1.00 bits per heavy atom. The van der Waals surface area contributed by atoms with E-state index in [9.17, 15) is 0 Å². The summed E-state index contributed by atoms with van der Waals surface area (Å²) >= 11 is 0. The molecule has 0 aliphatic carbocycles. The summed E-state index contributed by atoms with van der Waals surface area (Å²) in [6, 6.07) is 13.9. The van der Waals surface area contributed by atoms with E-state index in [1.54, 1.807) is 21.3 Å². The van der Waals surface area contributed by atoms with Crippen LogP contribution in [0.4, 0.5) is 0 Å². The van der Waals surface area contributed by atoms with Gasteiger partial charge < -0.3 is 24.6 Å². The van der Waals surface area contributed by atoms with Crippen LogP contribution in [0.3, 0.4) is 0 Å². The van der Waals surface area contributed by atoms with Crippen molar-refractivity contribution in [1.29, 1.82) is 0 Å². The molecule has 3 aromatic rings. The minimum Gasteiger partial charge on any atom is -0.493 e. The van der Waals surface area contributed by atoms with Gasteiger partial charge in [-0.1, -0.05) is 30.3 Å². The second kappa shape index (κ2) is 12.9. The number of hydrogen-bond donors (Lipinski definition) is 2. The van der Waals surface area contributed by atoms with E-state index < -0.39 is 0 Å². The van der Waals surface area contributed by atoms with Crippen LogP contribution in [0.15, 0.2) is 52.0 Å². The summed E-state index contributed by atoms with van der Waals surface area (Å²) in [7, 11) is 5.00. The Kier molecular flexibility index (Phi) is 10.3. The lowest BCUT2D eigenvalue weighted by Gasteiger charge is -2.14. The fraction of sp³-hybridized carbons (Fsp3) is 0.348. The molecule has 8 nitrogen and oxygen atoms in total. The number of nitrogens with zero attached hydrogens (tertiary/aromatic N) is 3. The second-order valence-corrected chi connectivity index (χ2v) is 6.93. The van der Waals surface area contributed by atoms with Gasteiger partial charge in [-0.25, -0.2) is 0 Å². The third-order valence-corrected chi connectivity index (χ3v) is 4.71. The van der Waals surface area contributed by atoms with Crippen LogP contribution in [0, 0.1) is 0 Å². The molecule has 0 amide bonds. The molecule has 172 valence electrons. The van der Waals surface area contributed by atoms with E-state index in [-0.39, 0.29) is 24.0 Å². The first-order chi connectivity index (χ1) is 15.2. The number of aromatic nitrogens is 2. The monoisotopic (exact) mass is 551 g/mol. The standard InChI is InChI=1S/C23H29N5O3.HI/c1-5-7-21-27-22(31-28-21)18-9-6-8-16(12-18)14-25-23(24-2)26-15-17-10-11-19(29-3)20(13-17)30-4;/h6,8-13H,5,7,14-15H2,1-4H3,(H2,24,25,26);1H. The molecule has 2 N–H and O–H groups in total. The Morgan fingerprint density at radius 2 is 1.72 bits per heavy atom. The van der Waals surface area contributed by atoms with Crippen molar-refractivity contribution in [1.82, 2.24) is 20.8 Å². The molecule has 0 saturated carbocycles. The van der Waals surface area contributed by atoms with E-state index in [2.05, 4.69) is 32.7 Å². The third-order valence-electron chi connectivity index (χ3n) is 4.71. The molecule has 0 fully saturated rings. The number of benzene rings is 2. The van der Waals surface area contributed by atoms with Crippen LogP contribution in [0.2, 0.25) is 0 Å². The van der Waals surface area contributed by atoms with E-state index in [0.717, 1.165) is 35.4 Å². The fourth-order valence-electron chi connectivity index (χ4n) is 3.09. The predicted molar refractivity (Wildman–Crippen MR) is 136 cm³/mol. The van der Waals surface area contributed by atoms with Crippen LogP contribution >= 0.6 is 24.0 Å². The van der Waals surface area contributed by atoms with E-state index in [1.165, 1.54) is 0 Å². The number of aliphatic imine (C=N–C) groups is 1. The van der Waals surface area contributed by atoms with Crippen molar-refractivity contribution in [2.45, 2.75) is 32.9 Å². The maximum absolute atomic E-state index is 5.39. The van der Waals surface area contributed by atoms with Gasteiger partial charge in [0.25, 0.3) is 5.89 Å². The molecule has 0 unspecified atom stereocenters. The zero-order valence-corrected chi connectivity index (χ0v) is 21.2. The summed E-state index contributed by atoms with van der Waals surface area (Å²) in [4.78, 5) is 8.76. The topological polar surface area (TPSA) is 93.8 Å². The molecule has 0 saturated heterocycles. The largest absolute Gasteiger partial charge is 0.493 e. The van der Waals surface area contributed by atoms with Gasteiger partial charge in [0, 0.05) is 32.1 Å². The van der Waals surface area contributed by atoms with E-state index in [4.69, 9.17) is 14.0 Å². The summed E-state index contributed by atoms with van der Waals surface area (Å²) in [5.41, 5.74) is 3.05. The van der Waals surface area contributed by atoms with Crippen molar-refractivity contribution in [3.05, 3.63) is 59.4 Å². The van der Waals surface area contributed by atoms with Crippen molar-refractivity contribution < 1.29 is 14.0 Å². The third kappa shape index (κ3) is 6.84. The minimum atomic E-state index is 0. The predicted octanol–water partition coefficient (Wildman–Crippen LogP) is 4.19. The molecule has 0 atom stereocenters. The zero-order valence-electron chi connectivity index (χ0n) is 18.8. The Bertz CT molecular complexity index is 1020. The summed E-state index contributed by atoms with van der Waals surface area (Å²) in [6.07, 6.45) is 1.80. The number of hydrogen-bond acceptors (Lipinski definition) is 6. The summed E-state index contributed by atoms with van der Waals surface area (Å²) < 4.78 is 16.0. The van der Waals surface area contributed by atoms with E-state index in [0.29, 0.717) is 36.4 Å². The van der Waals surface area contributed by atoms with Gasteiger partial charge in [-0.15, -0.1) is 24.0 Å². The Hall–Kier alpha value is -2.82. The lowest BCUT2D eigenvalue weighted by Crippen LogP contribution is -2.36.